The van der Waals surface area contributed by atoms with E-state index in [0.29, 0.717) is 6.54 Å². The normalized spacial score (nSPS) is 13.2. The summed E-state index contributed by atoms with van der Waals surface area (Å²) in [6.07, 6.45) is 1.90. The molecule has 0 saturated carbocycles. The molecule has 0 aliphatic carbocycles. The summed E-state index contributed by atoms with van der Waals surface area (Å²) in [6, 6.07) is 12.2. The van der Waals surface area contributed by atoms with Crippen LogP contribution in [0.3, 0.4) is 0 Å². The summed E-state index contributed by atoms with van der Waals surface area (Å²) in [5.41, 5.74) is 2.60. The highest BCUT2D eigenvalue weighted by Gasteiger charge is 2.21. The van der Waals surface area contributed by atoms with E-state index in [1.165, 1.54) is 22.6 Å². The van der Waals surface area contributed by atoms with Crippen molar-refractivity contribution in [3.8, 4) is 0 Å². The van der Waals surface area contributed by atoms with Crippen molar-refractivity contribution in [3.63, 3.8) is 0 Å². The van der Waals surface area contributed by atoms with Gasteiger partial charge in [0.2, 0.25) is 0 Å². The van der Waals surface area contributed by atoms with Crippen LogP contribution in [0.4, 0.5) is 5.69 Å². The maximum absolute atomic E-state index is 11.9. The van der Waals surface area contributed by atoms with Gasteiger partial charge >= 0.3 is 0 Å². The van der Waals surface area contributed by atoms with E-state index in [9.17, 15) is 4.79 Å². The molecule has 2 aromatic rings. The number of carbonyl (C=O) groups is 1. The number of fused-ring (bicyclic) bond motifs is 1. The van der Waals surface area contributed by atoms with Crippen molar-refractivity contribution in [3.05, 3.63) is 52.2 Å². The SMILES string of the molecule is CN=C(NCCCNC(=O)c1cccs1)N1CCc2ccccc21.I. The number of aliphatic imine (C=N–C) groups is 1. The smallest absolute Gasteiger partial charge is 0.261 e. The van der Waals surface area contributed by atoms with Crippen LogP contribution in [-0.4, -0.2) is 38.5 Å². The van der Waals surface area contributed by atoms with Crippen LogP contribution in [0.25, 0.3) is 0 Å². The van der Waals surface area contributed by atoms with Gasteiger partial charge in [-0.15, -0.1) is 35.3 Å². The van der Waals surface area contributed by atoms with Crippen LogP contribution in [0.5, 0.6) is 0 Å². The van der Waals surface area contributed by atoms with Gasteiger partial charge in [0.05, 0.1) is 4.88 Å². The Morgan fingerprint density at radius 3 is 2.76 bits per heavy atom. The predicted octanol–water partition coefficient (Wildman–Crippen LogP) is 3.12. The fourth-order valence-corrected chi connectivity index (χ4v) is 3.48. The van der Waals surface area contributed by atoms with E-state index >= 15 is 0 Å². The number of para-hydroxylation sites is 1. The molecule has 0 spiro atoms. The first-order valence-electron chi connectivity index (χ1n) is 8.17. The molecular weight excluding hydrogens is 447 g/mol. The van der Waals surface area contributed by atoms with Gasteiger partial charge in [-0.3, -0.25) is 9.79 Å². The van der Waals surface area contributed by atoms with Gasteiger partial charge in [-0.1, -0.05) is 24.3 Å². The fraction of sp³-hybridized carbons (Fsp3) is 0.333. The standard InChI is InChI=1S/C18H22N4OS.HI/c1-19-18(22-12-9-14-6-2-3-7-15(14)22)21-11-5-10-20-17(23)16-8-4-13-24-16;/h2-4,6-8,13H,5,9-12H2,1H3,(H,19,21)(H,20,23);1H. The molecule has 2 N–H and O–H groups in total. The molecule has 0 bridgehead atoms. The minimum atomic E-state index is 0. The van der Waals surface area contributed by atoms with Gasteiger partial charge < -0.3 is 15.5 Å². The summed E-state index contributed by atoms with van der Waals surface area (Å²) in [4.78, 5) is 19.2. The minimum absolute atomic E-state index is 0. The second-order valence-electron chi connectivity index (χ2n) is 5.59. The number of nitrogens with one attached hydrogen (secondary N) is 2. The Hall–Kier alpha value is -1.61. The molecular formula is C18H23IN4OS. The topological polar surface area (TPSA) is 56.7 Å². The molecule has 0 unspecified atom stereocenters. The number of rotatable bonds is 5. The third kappa shape index (κ3) is 4.94. The Morgan fingerprint density at radius 2 is 2.00 bits per heavy atom. The minimum Gasteiger partial charge on any atom is -0.356 e. The fourth-order valence-electron chi connectivity index (χ4n) is 2.84. The zero-order valence-corrected chi connectivity index (χ0v) is 17.3. The number of hydrogen-bond acceptors (Lipinski definition) is 3. The Kier molecular flexibility index (Phi) is 7.70. The summed E-state index contributed by atoms with van der Waals surface area (Å²) < 4.78 is 0. The molecule has 0 saturated heterocycles. The summed E-state index contributed by atoms with van der Waals surface area (Å²) >= 11 is 1.46. The molecule has 0 fully saturated rings. The van der Waals surface area contributed by atoms with Gasteiger partial charge in [0.15, 0.2) is 5.96 Å². The van der Waals surface area contributed by atoms with Gasteiger partial charge in [-0.2, -0.15) is 0 Å². The van der Waals surface area contributed by atoms with Crippen molar-refractivity contribution < 1.29 is 4.79 Å². The Morgan fingerprint density at radius 1 is 1.20 bits per heavy atom. The molecule has 0 atom stereocenters. The van der Waals surface area contributed by atoms with E-state index in [0.717, 1.165) is 36.8 Å². The first-order chi connectivity index (χ1) is 11.8. The van der Waals surface area contributed by atoms with E-state index in [-0.39, 0.29) is 29.9 Å². The number of thiophene rings is 1. The van der Waals surface area contributed by atoms with Gasteiger partial charge in [-0.05, 0) is 35.9 Å². The van der Waals surface area contributed by atoms with Crippen molar-refractivity contribution in [1.82, 2.24) is 10.6 Å². The first-order valence-corrected chi connectivity index (χ1v) is 9.05. The number of carbonyl (C=O) groups excluding carboxylic acids is 1. The van der Waals surface area contributed by atoms with Crippen LogP contribution >= 0.6 is 35.3 Å². The van der Waals surface area contributed by atoms with E-state index in [1.807, 2.05) is 24.6 Å². The van der Waals surface area contributed by atoms with Crippen LogP contribution in [-0.2, 0) is 6.42 Å². The van der Waals surface area contributed by atoms with E-state index < -0.39 is 0 Å². The summed E-state index contributed by atoms with van der Waals surface area (Å²) in [5, 5.41) is 8.24. The van der Waals surface area contributed by atoms with E-state index in [1.54, 1.807) is 0 Å². The summed E-state index contributed by atoms with van der Waals surface area (Å²) in [7, 11) is 1.81. The maximum Gasteiger partial charge on any atom is 0.261 e. The number of anilines is 1. The lowest BCUT2D eigenvalue weighted by molar-refractivity contribution is 0.0957. The molecule has 0 radical (unpaired) electrons. The average molecular weight is 470 g/mol. The van der Waals surface area contributed by atoms with Crippen molar-refractivity contribution in [2.75, 3.05) is 31.6 Å². The lowest BCUT2D eigenvalue weighted by Gasteiger charge is -2.22. The van der Waals surface area contributed by atoms with Crippen molar-refractivity contribution >= 4 is 52.9 Å². The van der Waals surface area contributed by atoms with Crippen LogP contribution in [0.1, 0.15) is 21.7 Å². The highest BCUT2D eigenvalue weighted by Crippen LogP contribution is 2.27. The molecule has 1 aliphatic rings. The molecule has 3 rings (SSSR count). The summed E-state index contributed by atoms with van der Waals surface area (Å²) in [6.45, 7) is 2.38. The van der Waals surface area contributed by atoms with E-state index in [4.69, 9.17) is 0 Å². The molecule has 134 valence electrons. The number of nitrogens with zero attached hydrogens (tertiary/aromatic N) is 2. The molecule has 7 heteroatoms. The monoisotopic (exact) mass is 470 g/mol. The van der Waals surface area contributed by atoms with Crippen LogP contribution in [0, 0.1) is 0 Å². The third-order valence-corrected chi connectivity index (χ3v) is 4.89. The Balaban J connectivity index is 0.00000225. The quantitative estimate of drug-likeness (QED) is 0.306. The zero-order valence-electron chi connectivity index (χ0n) is 14.2. The third-order valence-electron chi connectivity index (χ3n) is 4.02. The van der Waals surface area contributed by atoms with Crippen LogP contribution in [0.2, 0.25) is 0 Å². The maximum atomic E-state index is 11.9. The number of hydrogen-bond donors (Lipinski definition) is 2. The van der Waals surface area contributed by atoms with Gasteiger partial charge in [0.25, 0.3) is 5.91 Å². The number of amides is 1. The average Bonchev–Trinajstić information content (AvgIpc) is 3.28. The molecule has 1 amide bonds. The number of guanidine groups is 1. The van der Waals surface area contributed by atoms with Crippen LogP contribution < -0.4 is 15.5 Å². The molecule has 25 heavy (non-hydrogen) atoms. The number of halogens is 1. The van der Waals surface area contributed by atoms with Gasteiger partial charge in [0.1, 0.15) is 0 Å². The highest BCUT2D eigenvalue weighted by molar-refractivity contribution is 14.0. The van der Waals surface area contributed by atoms with Gasteiger partial charge in [-0.25, -0.2) is 0 Å². The largest absolute Gasteiger partial charge is 0.356 e. The molecule has 5 nitrogen and oxygen atoms in total. The van der Waals surface area contributed by atoms with Crippen molar-refractivity contribution in [1.29, 1.82) is 0 Å². The Labute approximate surface area is 169 Å². The predicted molar refractivity (Wildman–Crippen MR) is 116 cm³/mol. The second-order valence-corrected chi connectivity index (χ2v) is 6.54. The van der Waals surface area contributed by atoms with Crippen LogP contribution in [0.15, 0.2) is 46.8 Å². The molecule has 1 aromatic heterocycles. The lowest BCUT2D eigenvalue weighted by Crippen LogP contribution is -2.41. The van der Waals surface area contributed by atoms with E-state index in [2.05, 4.69) is 44.8 Å². The molecule has 1 aromatic carbocycles. The van der Waals surface area contributed by atoms with Crippen molar-refractivity contribution in [2.45, 2.75) is 12.8 Å². The lowest BCUT2D eigenvalue weighted by atomic mass is 10.2. The Bertz CT molecular complexity index is 718. The van der Waals surface area contributed by atoms with Crippen molar-refractivity contribution in [2.24, 2.45) is 4.99 Å². The molecule has 2 heterocycles. The highest BCUT2D eigenvalue weighted by atomic mass is 127. The second kappa shape index (κ2) is 9.76. The molecule has 1 aliphatic heterocycles. The van der Waals surface area contributed by atoms with Gasteiger partial charge in [0, 0.05) is 32.4 Å². The summed E-state index contributed by atoms with van der Waals surface area (Å²) in [5.74, 6) is 0.896. The first kappa shape index (κ1) is 19.7. The zero-order chi connectivity index (χ0) is 16.8. The number of benzene rings is 1.